The van der Waals surface area contributed by atoms with Crippen LogP contribution < -0.4 is 5.32 Å². The van der Waals surface area contributed by atoms with Crippen LogP contribution in [0.3, 0.4) is 0 Å². The lowest BCUT2D eigenvalue weighted by Gasteiger charge is -1.93. The average Bonchev–Trinajstić information content (AvgIpc) is 3.18. The highest BCUT2D eigenvalue weighted by Gasteiger charge is 2.08. The molecule has 1 amide bonds. The molecule has 3 heterocycles. The molecule has 0 aliphatic heterocycles. The predicted molar refractivity (Wildman–Crippen MR) is 79.6 cm³/mol. The Bertz CT molecular complexity index is 715. The maximum atomic E-state index is 11.7. The van der Waals surface area contributed by atoms with Crippen molar-refractivity contribution >= 4 is 39.8 Å². The van der Waals surface area contributed by atoms with Crippen molar-refractivity contribution < 1.29 is 9.21 Å². The molecule has 5 nitrogen and oxygen atoms in total. The highest BCUT2D eigenvalue weighted by atomic mass is 32.1. The summed E-state index contributed by atoms with van der Waals surface area (Å²) >= 11 is 2.93. The van der Waals surface area contributed by atoms with Gasteiger partial charge in [-0.25, -0.2) is 0 Å². The van der Waals surface area contributed by atoms with E-state index in [4.69, 9.17) is 4.42 Å². The molecule has 0 fully saturated rings. The summed E-state index contributed by atoms with van der Waals surface area (Å²) in [5.74, 6) is 0.354. The average molecular weight is 303 g/mol. The molecule has 0 aliphatic rings. The molecular formula is C13H9N3O2S2. The number of hydrogen-bond donors (Lipinski definition) is 1. The van der Waals surface area contributed by atoms with E-state index in [0.29, 0.717) is 10.9 Å². The second-order valence-corrected chi connectivity index (χ2v) is 5.65. The number of nitrogens with one attached hydrogen (secondary N) is 1. The number of hydrogen-bond acceptors (Lipinski definition) is 6. The van der Waals surface area contributed by atoms with E-state index in [9.17, 15) is 4.79 Å². The minimum Gasteiger partial charge on any atom is -0.465 e. The third kappa shape index (κ3) is 3.01. The number of carbonyl (C=O) groups excluding carboxylic acids is 1. The van der Waals surface area contributed by atoms with Crippen molar-refractivity contribution in [1.29, 1.82) is 0 Å². The van der Waals surface area contributed by atoms with Crippen molar-refractivity contribution in [3.8, 4) is 9.88 Å². The second kappa shape index (κ2) is 5.81. The van der Waals surface area contributed by atoms with Crippen LogP contribution in [-0.2, 0) is 4.79 Å². The first-order chi connectivity index (χ1) is 9.81. The van der Waals surface area contributed by atoms with Crippen LogP contribution in [0.1, 0.15) is 5.76 Å². The number of furan rings is 1. The van der Waals surface area contributed by atoms with Crippen molar-refractivity contribution in [2.45, 2.75) is 0 Å². The summed E-state index contributed by atoms with van der Waals surface area (Å²) in [6.07, 6.45) is 4.54. The van der Waals surface area contributed by atoms with Crippen LogP contribution in [-0.4, -0.2) is 16.1 Å². The third-order valence-electron chi connectivity index (χ3n) is 2.33. The first kappa shape index (κ1) is 12.8. The molecule has 3 aromatic rings. The van der Waals surface area contributed by atoms with Gasteiger partial charge in [-0.3, -0.25) is 10.1 Å². The van der Waals surface area contributed by atoms with Gasteiger partial charge in [0.15, 0.2) is 5.01 Å². The Balaban J connectivity index is 1.65. The van der Waals surface area contributed by atoms with Gasteiger partial charge in [-0.2, -0.15) is 0 Å². The van der Waals surface area contributed by atoms with Gasteiger partial charge < -0.3 is 4.42 Å². The smallest absolute Gasteiger partial charge is 0.250 e. The van der Waals surface area contributed by atoms with Crippen molar-refractivity contribution in [3.63, 3.8) is 0 Å². The fraction of sp³-hybridized carbons (Fsp3) is 0. The summed E-state index contributed by atoms with van der Waals surface area (Å²) in [4.78, 5) is 12.7. The molecule has 0 atom stereocenters. The van der Waals surface area contributed by atoms with E-state index in [0.717, 1.165) is 9.88 Å². The molecule has 0 spiro atoms. The van der Waals surface area contributed by atoms with Gasteiger partial charge in [0.05, 0.1) is 11.1 Å². The predicted octanol–water partition coefficient (Wildman–Crippen LogP) is 3.51. The Kier molecular flexibility index (Phi) is 3.71. The minimum atomic E-state index is -0.268. The van der Waals surface area contributed by atoms with Gasteiger partial charge in [0, 0.05) is 6.08 Å². The summed E-state index contributed by atoms with van der Waals surface area (Å²) in [6.45, 7) is 0. The van der Waals surface area contributed by atoms with Crippen LogP contribution in [0.2, 0.25) is 0 Å². The number of rotatable bonds is 4. The summed E-state index contributed by atoms with van der Waals surface area (Å²) < 4.78 is 5.10. The zero-order chi connectivity index (χ0) is 13.8. The Morgan fingerprint density at radius 3 is 3.00 bits per heavy atom. The molecule has 1 N–H and O–H groups in total. The lowest BCUT2D eigenvalue weighted by molar-refractivity contribution is -0.111. The topological polar surface area (TPSA) is 68.0 Å². The van der Waals surface area contributed by atoms with Crippen molar-refractivity contribution in [2.75, 3.05) is 5.32 Å². The van der Waals surface area contributed by atoms with E-state index in [-0.39, 0.29) is 5.91 Å². The molecule has 0 saturated heterocycles. The van der Waals surface area contributed by atoms with E-state index in [1.54, 1.807) is 35.8 Å². The van der Waals surface area contributed by atoms with Crippen LogP contribution >= 0.6 is 22.7 Å². The molecule has 3 aromatic heterocycles. The number of thiophene rings is 1. The molecule has 3 rings (SSSR count). The molecule has 7 heteroatoms. The first-order valence-electron chi connectivity index (χ1n) is 5.71. The van der Waals surface area contributed by atoms with Gasteiger partial charge in [0.2, 0.25) is 11.0 Å². The van der Waals surface area contributed by atoms with Crippen LogP contribution in [0.15, 0.2) is 46.4 Å². The molecule has 0 radical (unpaired) electrons. The summed E-state index contributed by atoms with van der Waals surface area (Å²) in [6, 6.07) is 7.44. The molecule has 0 unspecified atom stereocenters. The van der Waals surface area contributed by atoms with Crippen LogP contribution in [0.25, 0.3) is 16.0 Å². The van der Waals surface area contributed by atoms with Crippen LogP contribution in [0.5, 0.6) is 0 Å². The number of amides is 1. The first-order valence-corrected chi connectivity index (χ1v) is 7.41. The highest BCUT2D eigenvalue weighted by molar-refractivity contribution is 7.23. The summed E-state index contributed by atoms with van der Waals surface area (Å²) in [5.41, 5.74) is 0. The van der Waals surface area contributed by atoms with Gasteiger partial charge in [-0.1, -0.05) is 17.4 Å². The molecule has 0 bridgehead atoms. The van der Waals surface area contributed by atoms with Crippen LogP contribution in [0.4, 0.5) is 5.13 Å². The molecule has 0 aliphatic carbocycles. The van der Waals surface area contributed by atoms with Crippen LogP contribution in [0, 0.1) is 0 Å². The fourth-order valence-electron chi connectivity index (χ4n) is 1.46. The van der Waals surface area contributed by atoms with E-state index in [1.807, 2.05) is 17.5 Å². The third-order valence-corrected chi connectivity index (χ3v) is 4.21. The normalized spacial score (nSPS) is 11.0. The summed E-state index contributed by atoms with van der Waals surface area (Å²) in [5, 5.41) is 13.9. The lowest BCUT2D eigenvalue weighted by atomic mass is 10.4. The second-order valence-electron chi connectivity index (χ2n) is 3.73. The largest absolute Gasteiger partial charge is 0.465 e. The van der Waals surface area contributed by atoms with Gasteiger partial charge in [-0.15, -0.1) is 21.5 Å². The Labute approximate surface area is 122 Å². The fourth-order valence-corrected chi connectivity index (χ4v) is 3.00. The van der Waals surface area contributed by atoms with Gasteiger partial charge in [0.1, 0.15) is 5.76 Å². The Morgan fingerprint density at radius 2 is 2.25 bits per heavy atom. The number of carbonyl (C=O) groups is 1. The van der Waals surface area contributed by atoms with Gasteiger partial charge in [-0.05, 0) is 29.7 Å². The van der Waals surface area contributed by atoms with E-state index >= 15 is 0 Å². The molecule has 0 saturated carbocycles. The SMILES string of the molecule is O=C(/C=C/c1ccco1)Nc1nnc(-c2cccs2)s1. The molecule has 20 heavy (non-hydrogen) atoms. The van der Waals surface area contributed by atoms with E-state index in [2.05, 4.69) is 15.5 Å². The maximum absolute atomic E-state index is 11.7. The van der Waals surface area contributed by atoms with E-state index < -0.39 is 0 Å². The molecular weight excluding hydrogens is 294 g/mol. The maximum Gasteiger partial charge on any atom is 0.250 e. The quantitative estimate of drug-likeness (QED) is 0.749. The monoisotopic (exact) mass is 303 g/mol. The van der Waals surface area contributed by atoms with Gasteiger partial charge in [0.25, 0.3) is 0 Å². The minimum absolute atomic E-state index is 0.268. The van der Waals surface area contributed by atoms with Crippen molar-refractivity contribution in [1.82, 2.24) is 10.2 Å². The molecule has 0 aromatic carbocycles. The zero-order valence-electron chi connectivity index (χ0n) is 10.1. The number of aromatic nitrogens is 2. The van der Waals surface area contributed by atoms with E-state index in [1.165, 1.54) is 17.4 Å². The number of anilines is 1. The standard InChI is InChI=1S/C13H9N3O2S2/c17-11(6-5-9-3-1-7-18-9)14-13-16-15-12(20-13)10-4-2-8-19-10/h1-8H,(H,14,16,17)/b6-5+. The Morgan fingerprint density at radius 1 is 1.30 bits per heavy atom. The van der Waals surface area contributed by atoms with Crippen molar-refractivity contribution in [3.05, 3.63) is 47.7 Å². The summed E-state index contributed by atoms with van der Waals surface area (Å²) in [7, 11) is 0. The Hall–Kier alpha value is -2.25. The zero-order valence-corrected chi connectivity index (χ0v) is 11.8. The highest BCUT2D eigenvalue weighted by Crippen LogP contribution is 2.29. The number of nitrogens with zero attached hydrogens (tertiary/aromatic N) is 2. The molecule has 100 valence electrons. The lowest BCUT2D eigenvalue weighted by Crippen LogP contribution is -2.07. The van der Waals surface area contributed by atoms with Gasteiger partial charge >= 0.3 is 0 Å². The van der Waals surface area contributed by atoms with Crippen molar-refractivity contribution in [2.24, 2.45) is 0 Å².